The highest BCUT2D eigenvalue weighted by molar-refractivity contribution is 5.07. The van der Waals surface area contributed by atoms with Gasteiger partial charge in [0, 0.05) is 0 Å². The van der Waals surface area contributed by atoms with E-state index < -0.39 is 0 Å². The minimum atomic E-state index is 0.172. The van der Waals surface area contributed by atoms with Gasteiger partial charge in [-0.2, -0.15) is 0 Å². The molecule has 0 aliphatic rings. The van der Waals surface area contributed by atoms with E-state index in [1.165, 1.54) is 5.57 Å². The van der Waals surface area contributed by atoms with Crippen LogP contribution in [0.25, 0.3) is 0 Å². The van der Waals surface area contributed by atoms with Crippen LogP contribution in [0.1, 0.15) is 27.7 Å². The van der Waals surface area contributed by atoms with Gasteiger partial charge in [-0.15, -0.1) is 0 Å². The molecule has 0 bridgehead atoms. The van der Waals surface area contributed by atoms with Gasteiger partial charge in [0.1, 0.15) is 0 Å². The van der Waals surface area contributed by atoms with Crippen LogP contribution in [-0.4, -0.2) is 11.7 Å². The lowest BCUT2D eigenvalue weighted by molar-refractivity contribution is 0.339. The molecule has 0 atom stereocenters. The predicted molar refractivity (Wildman–Crippen MR) is 44.8 cm³/mol. The van der Waals surface area contributed by atoms with E-state index in [0.29, 0.717) is 11.8 Å². The highest BCUT2D eigenvalue weighted by Crippen LogP contribution is 2.18. The molecule has 0 aromatic rings. The highest BCUT2D eigenvalue weighted by atomic mass is 16.2. The zero-order valence-electron chi connectivity index (χ0n) is 7.39. The summed E-state index contributed by atoms with van der Waals surface area (Å²) in [6.45, 7) is 8.79. The van der Waals surface area contributed by atoms with E-state index in [2.05, 4.69) is 27.7 Å². The Hall–Kier alpha value is -0.300. The zero-order valence-corrected chi connectivity index (χ0v) is 7.39. The molecule has 0 heterocycles. The number of rotatable bonds is 3. The van der Waals surface area contributed by atoms with Crippen LogP contribution in [0.15, 0.2) is 11.6 Å². The standard InChI is InChI=1S/C9H18O/c1-7(2)9(5-6-10)8(3)4/h5,7-8,10H,6H2,1-4H3. The monoisotopic (exact) mass is 142 g/mol. The van der Waals surface area contributed by atoms with E-state index in [-0.39, 0.29) is 6.61 Å². The van der Waals surface area contributed by atoms with Crippen molar-refractivity contribution >= 4 is 0 Å². The van der Waals surface area contributed by atoms with Gasteiger partial charge in [0.25, 0.3) is 0 Å². The van der Waals surface area contributed by atoms with E-state index in [9.17, 15) is 0 Å². The van der Waals surface area contributed by atoms with Crippen LogP contribution in [0.4, 0.5) is 0 Å². The van der Waals surface area contributed by atoms with Crippen LogP contribution >= 0.6 is 0 Å². The van der Waals surface area contributed by atoms with Gasteiger partial charge in [0.15, 0.2) is 0 Å². The van der Waals surface area contributed by atoms with Crippen molar-refractivity contribution in [2.24, 2.45) is 11.8 Å². The molecule has 0 fully saturated rings. The van der Waals surface area contributed by atoms with Gasteiger partial charge in [-0.1, -0.05) is 39.3 Å². The molecule has 0 aliphatic carbocycles. The lowest BCUT2D eigenvalue weighted by atomic mass is 9.92. The molecule has 1 heteroatoms. The van der Waals surface area contributed by atoms with Gasteiger partial charge in [-0.05, 0) is 11.8 Å². The summed E-state index contributed by atoms with van der Waals surface area (Å²) in [4.78, 5) is 0. The molecule has 0 saturated heterocycles. The Morgan fingerprint density at radius 3 is 1.70 bits per heavy atom. The molecule has 1 N–H and O–H groups in total. The Labute approximate surface area is 63.8 Å². The van der Waals surface area contributed by atoms with E-state index >= 15 is 0 Å². The molecule has 0 saturated carbocycles. The first kappa shape index (κ1) is 9.70. The largest absolute Gasteiger partial charge is 0.392 e. The Bertz CT molecular complexity index is 102. The average Bonchev–Trinajstić information content (AvgIpc) is 1.81. The van der Waals surface area contributed by atoms with Gasteiger partial charge >= 0.3 is 0 Å². The molecule has 1 nitrogen and oxygen atoms in total. The van der Waals surface area contributed by atoms with E-state index in [1.807, 2.05) is 6.08 Å². The minimum absolute atomic E-state index is 0.172. The van der Waals surface area contributed by atoms with Crippen molar-refractivity contribution < 1.29 is 5.11 Å². The Morgan fingerprint density at radius 1 is 1.20 bits per heavy atom. The summed E-state index contributed by atoms with van der Waals surface area (Å²) in [6, 6.07) is 0. The summed E-state index contributed by atoms with van der Waals surface area (Å²) in [5, 5.41) is 8.66. The molecule has 0 aromatic heterocycles. The topological polar surface area (TPSA) is 20.2 Å². The number of allylic oxidation sites excluding steroid dienone is 1. The van der Waals surface area contributed by atoms with Gasteiger partial charge in [-0.25, -0.2) is 0 Å². The van der Waals surface area contributed by atoms with Crippen molar-refractivity contribution in [3.05, 3.63) is 11.6 Å². The van der Waals surface area contributed by atoms with Crippen LogP contribution in [0.3, 0.4) is 0 Å². The van der Waals surface area contributed by atoms with Crippen LogP contribution < -0.4 is 0 Å². The summed E-state index contributed by atoms with van der Waals surface area (Å²) in [6.07, 6.45) is 1.91. The lowest BCUT2D eigenvalue weighted by Gasteiger charge is -2.14. The Kier molecular flexibility index (Phi) is 4.37. The Morgan fingerprint density at radius 2 is 1.60 bits per heavy atom. The fraction of sp³-hybridized carbons (Fsp3) is 0.778. The number of hydrogen-bond donors (Lipinski definition) is 1. The zero-order chi connectivity index (χ0) is 8.15. The molecule has 10 heavy (non-hydrogen) atoms. The van der Waals surface area contributed by atoms with Gasteiger partial charge < -0.3 is 5.11 Å². The summed E-state index contributed by atoms with van der Waals surface area (Å²) in [7, 11) is 0. The maximum absolute atomic E-state index is 8.66. The SMILES string of the molecule is CC(C)C(=CCO)C(C)C. The van der Waals surface area contributed by atoms with Crippen molar-refractivity contribution in [3.63, 3.8) is 0 Å². The fourth-order valence-corrected chi connectivity index (χ4v) is 1.24. The molecule has 0 aromatic carbocycles. The molecule has 60 valence electrons. The van der Waals surface area contributed by atoms with Crippen LogP contribution in [0.2, 0.25) is 0 Å². The molecule has 0 radical (unpaired) electrons. The molecule has 0 unspecified atom stereocenters. The summed E-state index contributed by atoms with van der Waals surface area (Å²) < 4.78 is 0. The number of aliphatic hydroxyl groups is 1. The van der Waals surface area contributed by atoms with Crippen molar-refractivity contribution in [2.45, 2.75) is 27.7 Å². The minimum Gasteiger partial charge on any atom is -0.392 e. The second kappa shape index (κ2) is 4.51. The first-order valence-electron chi connectivity index (χ1n) is 3.90. The van der Waals surface area contributed by atoms with E-state index in [4.69, 9.17) is 5.11 Å². The highest BCUT2D eigenvalue weighted by Gasteiger charge is 2.05. The first-order valence-corrected chi connectivity index (χ1v) is 3.90. The number of hydrogen-bond acceptors (Lipinski definition) is 1. The average molecular weight is 142 g/mol. The van der Waals surface area contributed by atoms with Gasteiger partial charge in [0.05, 0.1) is 6.61 Å². The van der Waals surface area contributed by atoms with Crippen molar-refractivity contribution in [1.82, 2.24) is 0 Å². The molecular formula is C9H18O. The molecule has 0 spiro atoms. The third kappa shape index (κ3) is 3.02. The smallest absolute Gasteiger partial charge is 0.0615 e. The summed E-state index contributed by atoms with van der Waals surface area (Å²) in [5.41, 5.74) is 1.35. The van der Waals surface area contributed by atoms with Crippen molar-refractivity contribution in [1.29, 1.82) is 0 Å². The number of aliphatic hydroxyl groups excluding tert-OH is 1. The lowest BCUT2D eigenvalue weighted by Crippen LogP contribution is -2.02. The van der Waals surface area contributed by atoms with E-state index in [1.54, 1.807) is 0 Å². The maximum Gasteiger partial charge on any atom is 0.0615 e. The second-order valence-corrected chi connectivity index (χ2v) is 3.20. The molecule has 0 amide bonds. The molecule has 0 aliphatic heterocycles. The van der Waals surface area contributed by atoms with Crippen LogP contribution in [0.5, 0.6) is 0 Å². The second-order valence-electron chi connectivity index (χ2n) is 3.20. The predicted octanol–water partition coefficient (Wildman–Crippen LogP) is 2.22. The van der Waals surface area contributed by atoms with Crippen LogP contribution in [0, 0.1) is 11.8 Å². The van der Waals surface area contributed by atoms with Crippen molar-refractivity contribution in [3.8, 4) is 0 Å². The maximum atomic E-state index is 8.66. The van der Waals surface area contributed by atoms with Crippen LogP contribution in [-0.2, 0) is 0 Å². The van der Waals surface area contributed by atoms with Gasteiger partial charge in [0.2, 0.25) is 0 Å². The van der Waals surface area contributed by atoms with Crippen molar-refractivity contribution in [2.75, 3.05) is 6.61 Å². The quantitative estimate of drug-likeness (QED) is 0.599. The third-order valence-corrected chi connectivity index (χ3v) is 1.66. The fourth-order valence-electron chi connectivity index (χ4n) is 1.24. The third-order valence-electron chi connectivity index (χ3n) is 1.66. The normalized spacial score (nSPS) is 10.7. The van der Waals surface area contributed by atoms with E-state index in [0.717, 1.165) is 0 Å². The molecular weight excluding hydrogens is 124 g/mol. The Balaban J connectivity index is 4.12. The summed E-state index contributed by atoms with van der Waals surface area (Å²) in [5.74, 6) is 1.12. The molecule has 0 rings (SSSR count). The van der Waals surface area contributed by atoms with Gasteiger partial charge in [-0.3, -0.25) is 0 Å². The first-order chi connectivity index (χ1) is 4.59. The summed E-state index contributed by atoms with van der Waals surface area (Å²) >= 11 is 0.